The second kappa shape index (κ2) is 6.70. The molecule has 9 heteroatoms. The molecule has 29 heavy (non-hydrogen) atoms. The van der Waals surface area contributed by atoms with Gasteiger partial charge in [0.15, 0.2) is 21.4 Å². The molecule has 0 aliphatic rings. The van der Waals surface area contributed by atoms with E-state index >= 15 is 0 Å². The molecule has 0 unspecified atom stereocenters. The highest BCUT2D eigenvalue weighted by atomic mass is 32.2. The number of sulfone groups is 1. The quantitative estimate of drug-likeness (QED) is 0.492. The predicted octanol–water partition coefficient (Wildman–Crippen LogP) is 4.51. The van der Waals surface area contributed by atoms with Crippen molar-refractivity contribution in [2.75, 3.05) is 6.26 Å². The molecule has 0 atom stereocenters. The number of nitrogens with zero attached hydrogens (tertiary/aromatic N) is 3. The molecule has 2 heterocycles. The van der Waals surface area contributed by atoms with Crippen LogP contribution < -0.4 is 0 Å². The summed E-state index contributed by atoms with van der Waals surface area (Å²) in [5, 5.41) is 0.850. The van der Waals surface area contributed by atoms with Crippen LogP contribution in [0.1, 0.15) is 5.69 Å². The van der Waals surface area contributed by atoms with E-state index in [4.69, 9.17) is 0 Å². The van der Waals surface area contributed by atoms with Gasteiger partial charge >= 0.3 is 6.18 Å². The van der Waals surface area contributed by atoms with Crippen molar-refractivity contribution in [2.24, 2.45) is 0 Å². The molecule has 5 nitrogen and oxygen atoms in total. The molecule has 148 valence electrons. The van der Waals surface area contributed by atoms with Crippen LogP contribution in [-0.2, 0) is 16.0 Å². The number of benzene rings is 2. The Morgan fingerprint density at radius 1 is 0.897 bits per heavy atom. The summed E-state index contributed by atoms with van der Waals surface area (Å²) >= 11 is 0. The number of imidazole rings is 1. The molecule has 0 aliphatic carbocycles. The SMILES string of the molecule is CS(=O)(=O)c1ccc(-n2cc(C(F)(F)F)nc2-c2ccc3ccccc3n2)cc1. The highest BCUT2D eigenvalue weighted by Crippen LogP contribution is 2.32. The minimum Gasteiger partial charge on any atom is -0.298 e. The third-order valence-corrected chi connectivity index (χ3v) is 5.50. The van der Waals surface area contributed by atoms with Crippen LogP contribution >= 0.6 is 0 Å². The average molecular weight is 417 g/mol. The van der Waals surface area contributed by atoms with Gasteiger partial charge < -0.3 is 0 Å². The fourth-order valence-corrected chi connectivity index (χ4v) is 3.57. The number of hydrogen-bond donors (Lipinski definition) is 0. The standard InChI is InChI=1S/C20H14F3N3O2S/c1-29(27,28)15-9-7-14(8-10-15)26-12-18(20(21,22)23)25-19(26)17-11-6-13-4-2-3-5-16(13)24-17/h2-12H,1H3. The molecule has 2 aromatic heterocycles. The Hall–Kier alpha value is -3.20. The molecule has 0 spiro atoms. The summed E-state index contributed by atoms with van der Waals surface area (Å²) in [6, 6.07) is 16.2. The van der Waals surface area contributed by atoms with Crippen molar-refractivity contribution in [3.8, 4) is 17.2 Å². The highest BCUT2D eigenvalue weighted by molar-refractivity contribution is 7.90. The van der Waals surface area contributed by atoms with Crippen molar-refractivity contribution in [3.63, 3.8) is 0 Å². The summed E-state index contributed by atoms with van der Waals surface area (Å²) in [4.78, 5) is 8.27. The molecule has 0 aliphatic heterocycles. The Labute approximate surface area is 164 Å². The first-order valence-electron chi connectivity index (χ1n) is 8.46. The number of rotatable bonds is 3. The van der Waals surface area contributed by atoms with Gasteiger partial charge in [-0.15, -0.1) is 0 Å². The molecular weight excluding hydrogens is 403 g/mol. The molecule has 0 saturated heterocycles. The van der Waals surface area contributed by atoms with Gasteiger partial charge in [-0.05, 0) is 36.4 Å². The zero-order chi connectivity index (χ0) is 20.8. The number of para-hydroxylation sites is 1. The Balaban J connectivity index is 1.90. The maximum atomic E-state index is 13.3. The van der Waals surface area contributed by atoms with Gasteiger partial charge in [0.1, 0.15) is 5.69 Å². The van der Waals surface area contributed by atoms with Crippen molar-refractivity contribution < 1.29 is 21.6 Å². The van der Waals surface area contributed by atoms with Crippen molar-refractivity contribution >= 4 is 20.7 Å². The molecule has 0 saturated carbocycles. The maximum Gasteiger partial charge on any atom is 0.434 e. The van der Waals surface area contributed by atoms with Crippen molar-refractivity contribution in [1.82, 2.24) is 14.5 Å². The number of fused-ring (bicyclic) bond motifs is 1. The molecular formula is C20H14F3N3O2S. The molecule has 4 aromatic rings. The molecule has 0 N–H and O–H groups in total. The summed E-state index contributed by atoms with van der Waals surface area (Å²) < 4.78 is 64.5. The molecule has 2 aromatic carbocycles. The zero-order valence-electron chi connectivity index (χ0n) is 15.1. The van der Waals surface area contributed by atoms with Crippen LogP contribution in [0.25, 0.3) is 28.1 Å². The Morgan fingerprint density at radius 3 is 2.24 bits per heavy atom. The van der Waals surface area contributed by atoms with Gasteiger partial charge in [-0.25, -0.2) is 18.4 Å². The first kappa shape index (κ1) is 19.1. The second-order valence-corrected chi connectivity index (χ2v) is 8.49. The molecule has 0 bridgehead atoms. The van der Waals surface area contributed by atoms with Gasteiger partial charge in [-0.2, -0.15) is 13.2 Å². The van der Waals surface area contributed by atoms with Crippen molar-refractivity contribution in [2.45, 2.75) is 11.1 Å². The summed E-state index contributed by atoms with van der Waals surface area (Å²) in [6.45, 7) is 0. The first-order valence-corrected chi connectivity index (χ1v) is 10.4. The van der Waals surface area contributed by atoms with Crippen molar-refractivity contribution in [1.29, 1.82) is 0 Å². The Kier molecular flexibility index (Phi) is 4.42. The summed E-state index contributed by atoms with van der Waals surface area (Å²) in [6.07, 6.45) is -2.70. The third-order valence-electron chi connectivity index (χ3n) is 4.37. The fraction of sp³-hybridized carbons (Fsp3) is 0.100. The van der Waals surface area contributed by atoms with Crippen LogP contribution in [0.5, 0.6) is 0 Å². The number of pyridine rings is 1. The van der Waals surface area contributed by atoms with E-state index in [0.717, 1.165) is 17.8 Å². The van der Waals surface area contributed by atoms with E-state index in [-0.39, 0.29) is 16.4 Å². The predicted molar refractivity (Wildman–Crippen MR) is 102 cm³/mol. The normalized spacial score (nSPS) is 12.4. The van der Waals surface area contributed by atoms with E-state index in [1.807, 2.05) is 12.1 Å². The Morgan fingerprint density at radius 2 is 1.59 bits per heavy atom. The minimum absolute atomic E-state index is 0.00943. The van der Waals surface area contributed by atoms with Crippen LogP contribution in [0.4, 0.5) is 13.2 Å². The number of alkyl halides is 3. The monoisotopic (exact) mass is 417 g/mol. The number of halogens is 3. The second-order valence-electron chi connectivity index (χ2n) is 6.47. The van der Waals surface area contributed by atoms with Crippen LogP contribution in [0.15, 0.2) is 71.8 Å². The number of hydrogen-bond acceptors (Lipinski definition) is 4. The minimum atomic E-state index is -4.64. The van der Waals surface area contributed by atoms with Gasteiger partial charge in [0.2, 0.25) is 0 Å². The Bertz CT molecular complexity index is 1310. The van der Waals surface area contributed by atoms with Gasteiger partial charge in [-0.1, -0.05) is 24.3 Å². The van der Waals surface area contributed by atoms with E-state index in [2.05, 4.69) is 9.97 Å². The van der Waals surface area contributed by atoms with E-state index in [9.17, 15) is 21.6 Å². The lowest BCUT2D eigenvalue weighted by Gasteiger charge is -2.09. The van der Waals surface area contributed by atoms with Gasteiger partial charge in [0.25, 0.3) is 0 Å². The summed E-state index contributed by atoms with van der Waals surface area (Å²) in [5.74, 6) is 0.00943. The maximum absolute atomic E-state index is 13.3. The van der Waals surface area contributed by atoms with E-state index in [0.29, 0.717) is 11.2 Å². The van der Waals surface area contributed by atoms with Crippen LogP contribution in [0.3, 0.4) is 0 Å². The van der Waals surface area contributed by atoms with Crippen LogP contribution in [-0.4, -0.2) is 29.2 Å². The first-order chi connectivity index (χ1) is 13.6. The summed E-state index contributed by atoms with van der Waals surface area (Å²) in [5.41, 5.74) is 0.173. The average Bonchev–Trinajstić information content (AvgIpc) is 3.13. The lowest BCUT2D eigenvalue weighted by molar-refractivity contribution is -0.140. The molecule has 0 amide bonds. The van der Waals surface area contributed by atoms with E-state index in [1.165, 1.54) is 28.8 Å². The van der Waals surface area contributed by atoms with Crippen molar-refractivity contribution in [3.05, 3.63) is 72.6 Å². The molecule has 0 radical (unpaired) electrons. The van der Waals surface area contributed by atoms with Gasteiger partial charge in [0, 0.05) is 23.5 Å². The van der Waals surface area contributed by atoms with Crippen LogP contribution in [0, 0.1) is 0 Å². The van der Waals surface area contributed by atoms with Gasteiger partial charge in [0.05, 0.1) is 10.4 Å². The number of aromatic nitrogens is 3. The zero-order valence-corrected chi connectivity index (χ0v) is 15.9. The third kappa shape index (κ3) is 3.73. The topological polar surface area (TPSA) is 64.8 Å². The molecule has 4 rings (SSSR count). The smallest absolute Gasteiger partial charge is 0.298 e. The van der Waals surface area contributed by atoms with E-state index in [1.54, 1.807) is 24.3 Å². The molecule has 0 fully saturated rings. The highest BCUT2D eigenvalue weighted by Gasteiger charge is 2.35. The summed E-state index contributed by atoms with van der Waals surface area (Å²) in [7, 11) is -3.42. The lowest BCUT2D eigenvalue weighted by Crippen LogP contribution is -2.05. The lowest BCUT2D eigenvalue weighted by atomic mass is 10.2. The van der Waals surface area contributed by atoms with E-state index < -0.39 is 21.7 Å². The van der Waals surface area contributed by atoms with Crippen LogP contribution in [0.2, 0.25) is 0 Å². The van der Waals surface area contributed by atoms with Gasteiger partial charge in [-0.3, -0.25) is 4.57 Å². The largest absolute Gasteiger partial charge is 0.434 e. The fourth-order valence-electron chi connectivity index (χ4n) is 2.94.